The molecular weight excluding hydrogens is 969 g/mol. The van der Waals surface area contributed by atoms with Crippen LogP contribution < -0.4 is 19.7 Å². The third-order valence-electron chi connectivity index (χ3n) is 13.1. The number of esters is 1. The molecule has 19 heteroatoms. The van der Waals surface area contributed by atoms with Crippen LogP contribution in [0.1, 0.15) is 99.6 Å². The number of hydrogen-bond donors (Lipinski definition) is 2. The second kappa shape index (κ2) is 22.6. The number of nitrogens with one attached hydrogen (secondary N) is 1. The number of nitrogen functional groups attached to an aromatic ring is 1. The normalized spacial score (nSPS) is 15.2. The zero-order valence-corrected chi connectivity index (χ0v) is 45.3. The van der Waals surface area contributed by atoms with Crippen molar-refractivity contribution in [2.75, 3.05) is 65.8 Å². The van der Waals surface area contributed by atoms with E-state index in [1.807, 2.05) is 43.3 Å². The van der Waals surface area contributed by atoms with E-state index in [4.69, 9.17) is 25.2 Å². The van der Waals surface area contributed by atoms with Crippen molar-refractivity contribution < 1.29 is 40.6 Å². The molecule has 1 amide bonds. The molecule has 0 radical (unpaired) electrons. The average molecular weight is 1040 g/mol. The fraction of sp³-hybridized carbons (Fsp3) is 0.481. The van der Waals surface area contributed by atoms with E-state index >= 15 is 0 Å². The van der Waals surface area contributed by atoms with E-state index in [9.17, 15) is 26.4 Å². The number of anilines is 4. The van der Waals surface area contributed by atoms with E-state index in [2.05, 4.69) is 60.7 Å². The molecule has 6 aromatic rings. The maximum atomic E-state index is 13.6. The summed E-state index contributed by atoms with van der Waals surface area (Å²) >= 11 is 0. The summed E-state index contributed by atoms with van der Waals surface area (Å²) in [4.78, 5) is 33.1. The van der Waals surface area contributed by atoms with Crippen molar-refractivity contribution in [3.63, 3.8) is 0 Å². The summed E-state index contributed by atoms with van der Waals surface area (Å²) < 4.78 is 77.2. The molecule has 0 atom stereocenters. The van der Waals surface area contributed by atoms with Gasteiger partial charge in [-0.15, -0.1) is 0 Å². The second-order valence-electron chi connectivity index (χ2n) is 20.8. The van der Waals surface area contributed by atoms with Gasteiger partial charge in [-0.05, 0) is 136 Å². The molecule has 0 spiro atoms. The average Bonchev–Trinajstić information content (AvgIpc) is 3.90. The van der Waals surface area contributed by atoms with E-state index in [0.29, 0.717) is 41.1 Å². The van der Waals surface area contributed by atoms with Gasteiger partial charge in [0.1, 0.15) is 11.6 Å². The number of carbonyl (C=O) groups excluding carboxylic acids is 2. The number of sulfonamides is 2. The van der Waals surface area contributed by atoms with Crippen molar-refractivity contribution in [2.24, 2.45) is 11.8 Å². The Kier molecular flexibility index (Phi) is 17.0. The highest BCUT2D eigenvalue weighted by molar-refractivity contribution is 7.93. The standard InChI is InChI=1S/C29H38N4O6S.C25H34N4O3S/c1-6-33(40(36,37)24-10-7-22(8-11-24)30-27(35)19-39-20(2)34)23-9-12-26-25(17-23)31-28(29(3,4)5)32(26)18-21-13-15-38-16-14-21;1-5-29(33(30,31)21-9-6-19(26)7-10-21)20-8-11-23-22(16-20)27-24(25(2,3)4)28(23)17-18-12-14-32-15-13-18/h7-12,17,21H,6,13-16,18-19H2,1-5H3,(H,30,35);6-11,16,18H,5,12-15,17,26H2,1-4H3. The maximum Gasteiger partial charge on any atom is 0.303 e. The van der Waals surface area contributed by atoms with Gasteiger partial charge >= 0.3 is 5.97 Å². The first-order valence-corrected chi connectivity index (χ1v) is 28.0. The topological polar surface area (TPSA) is 210 Å². The van der Waals surface area contributed by atoms with Gasteiger partial charge in [-0.3, -0.25) is 18.2 Å². The molecule has 394 valence electrons. The van der Waals surface area contributed by atoms with Crippen molar-refractivity contribution in [3.8, 4) is 0 Å². The Morgan fingerprint density at radius 1 is 0.658 bits per heavy atom. The van der Waals surface area contributed by atoms with E-state index < -0.39 is 38.5 Å². The number of nitrogens with two attached hydrogens (primary N) is 1. The number of nitrogens with zero attached hydrogens (tertiary/aromatic N) is 6. The monoisotopic (exact) mass is 1040 g/mol. The van der Waals surface area contributed by atoms with Crippen molar-refractivity contribution in [1.29, 1.82) is 0 Å². The zero-order chi connectivity index (χ0) is 52.9. The van der Waals surface area contributed by atoms with Gasteiger partial charge in [0.25, 0.3) is 26.0 Å². The lowest BCUT2D eigenvalue weighted by Crippen LogP contribution is -2.30. The van der Waals surface area contributed by atoms with Crippen LogP contribution in [0.25, 0.3) is 22.1 Å². The maximum absolute atomic E-state index is 13.6. The Bertz CT molecular complexity index is 3110. The number of ether oxygens (including phenoxy) is 3. The van der Waals surface area contributed by atoms with Crippen LogP contribution in [0.4, 0.5) is 22.7 Å². The molecule has 2 aliphatic rings. The predicted octanol–water partition coefficient (Wildman–Crippen LogP) is 9.04. The molecule has 0 aliphatic carbocycles. The molecule has 0 unspecified atom stereocenters. The minimum Gasteiger partial charge on any atom is -0.456 e. The van der Waals surface area contributed by atoms with Crippen LogP contribution in [0.5, 0.6) is 0 Å². The summed E-state index contributed by atoms with van der Waals surface area (Å²) in [5.41, 5.74) is 11.1. The van der Waals surface area contributed by atoms with E-state index in [1.54, 1.807) is 31.2 Å². The van der Waals surface area contributed by atoms with Gasteiger partial charge in [0, 0.05) is 81.7 Å². The predicted molar refractivity (Wildman–Crippen MR) is 287 cm³/mol. The molecule has 17 nitrogen and oxygen atoms in total. The molecule has 2 aliphatic heterocycles. The largest absolute Gasteiger partial charge is 0.456 e. The van der Waals surface area contributed by atoms with Gasteiger partial charge < -0.3 is 34.4 Å². The number of benzene rings is 4. The molecule has 2 fully saturated rings. The van der Waals surface area contributed by atoms with Crippen LogP contribution in [0, 0.1) is 11.8 Å². The van der Waals surface area contributed by atoms with Gasteiger partial charge in [0.2, 0.25) is 0 Å². The van der Waals surface area contributed by atoms with Gasteiger partial charge in [0.05, 0.1) is 43.2 Å². The van der Waals surface area contributed by atoms with Crippen LogP contribution in [-0.2, 0) is 67.8 Å². The van der Waals surface area contributed by atoms with Crippen molar-refractivity contribution >= 4 is 76.7 Å². The van der Waals surface area contributed by atoms with Gasteiger partial charge in [-0.1, -0.05) is 41.5 Å². The minimum absolute atomic E-state index is 0.0906. The molecule has 2 aromatic heterocycles. The first kappa shape index (κ1) is 54.7. The SMILES string of the molecule is CCN(c1ccc2c(c1)nc(C(C)(C)C)n2CC1CCOCC1)S(=O)(=O)c1ccc(N)cc1.CCN(c1ccc2c(c1)nc(C(C)(C)C)n2CC1CCOCC1)S(=O)(=O)c1ccc(NC(=O)COC(C)=O)cc1. The number of imidazole rings is 2. The summed E-state index contributed by atoms with van der Waals surface area (Å²) in [7, 11) is -7.61. The first-order chi connectivity index (χ1) is 34.5. The summed E-state index contributed by atoms with van der Waals surface area (Å²) in [6.45, 7) is 22.8. The zero-order valence-electron chi connectivity index (χ0n) is 43.7. The van der Waals surface area contributed by atoms with E-state index in [1.165, 1.54) is 39.8 Å². The lowest BCUT2D eigenvalue weighted by Gasteiger charge is -2.26. The number of hydrogen-bond acceptors (Lipinski definition) is 12. The molecule has 0 saturated carbocycles. The van der Waals surface area contributed by atoms with Gasteiger partial charge in [-0.25, -0.2) is 26.8 Å². The fourth-order valence-electron chi connectivity index (χ4n) is 9.39. The summed E-state index contributed by atoms with van der Waals surface area (Å²) in [6.07, 6.45) is 4.12. The number of carbonyl (C=O) groups is 2. The molecular formula is C54H72N8O9S2. The van der Waals surface area contributed by atoms with Crippen LogP contribution >= 0.6 is 0 Å². The second-order valence-corrected chi connectivity index (χ2v) is 24.5. The first-order valence-electron chi connectivity index (χ1n) is 25.1. The highest BCUT2D eigenvalue weighted by Gasteiger charge is 2.30. The minimum atomic E-state index is -3.89. The number of fused-ring (bicyclic) bond motifs is 2. The molecule has 4 heterocycles. The Morgan fingerprint density at radius 2 is 1.05 bits per heavy atom. The fourth-order valence-corrected chi connectivity index (χ4v) is 12.3. The van der Waals surface area contributed by atoms with Gasteiger partial charge in [0.15, 0.2) is 6.61 Å². The third kappa shape index (κ3) is 12.8. The Morgan fingerprint density at radius 3 is 1.42 bits per heavy atom. The highest BCUT2D eigenvalue weighted by Crippen LogP contribution is 2.35. The highest BCUT2D eigenvalue weighted by atomic mass is 32.2. The molecule has 8 rings (SSSR count). The van der Waals surface area contributed by atoms with Crippen molar-refractivity contribution in [3.05, 3.63) is 96.6 Å². The Labute approximate surface area is 430 Å². The Balaban J connectivity index is 0.000000218. The van der Waals surface area contributed by atoms with E-state index in [-0.39, 0.29) is 27.2 Å². The lowest BCUT2D eigenvalue weighted by atomic mass is 9.94. The van der Waals surface area contributed by atoms with Crippen LogP contribution in [0.15, 0.2) is 94.7 Å². The summed E-state index contributed by atoms with van der Waals surface area (Å²) in [5.74, 6) is 1.98. The molecule has 0 bridgehead atoms. The van der Waals surface area contributed by atoms with Crippen LogP contribution in [-0.4, -0.2) is 93.9 Å². The third-order valence-corrected chi connectivity index (χ3v) is 17.0. The lowest BCUT2D eigenvalue weighted by molar-refractivity contribution is -0.144. The van der Waals surface area contributed by atoms with Gasteiger partial charge in [-0.2, -0.15) is 0 Å². The van der Waals surface area contributed by atoms with Crippen molar-refractivity contribution in [1.82, 2.24) is 19.1 Å². The van der Waals surface area contributed by atoms with Crippen LogP contribution in [0.3, 0.4) is 0 Å². The number of aromatic nitrogens is 4. The quantitative estimate of drug-likeness (QED) is 0.0729. The van der Waals surface area contributed by atoms with E-state index in [0.717, 1.165) is 98.9 Å². The molecule has 3 N–H and O–H groups in total. The molecule has 73 heavy (non-hydrogen) atoms. The number of amides is 1. The molecule has 4 aromatic carbocycles. The smallest absolute Gasteiger partial charge is 0.303 e. The van der Waals surface area contributed by atoms with Crippen molar-refractivity contribution in [2.45, 2.75) is 122 Å². The van der Waals surface area contributed by atoms with Crippen LogP contribution in [0.2, 0.25) is 0 Å². The summed E-state index contributed by atoms with van der Waals surface area (Å²) in [6, 6.07) is 23.6. The molecule has 2 saturated heterocycles. The Hall–Kier alpha value is -6.02. The summed E-state index contributed by atoms with van der Waals surface area (Å²) in [5, 5.41) is 2.58. The number of rotatable bonds is 15.